The maximum absolute atomic E-state index is 12.9. The maximum atomic E-state index is 12.9. The molecule has 7 N–H and O–H groups in total. The minimum Gasteiger partial charge on any atom is -0.394 e. The summed E-state index contributed by atoms with van der Waals surface area (Å²) in [5.74, 6) is -0.189. The number of hydrogen-bond donors (Lipinski definition) is 5. The van der Waals surface area contributed by atoms with Crippen molar-refractivity contribution < 1.29 is 14.7 Å². The first-order chi connectivity index (χ1) is 19.1. The van der Waals surface area contributed by atoms with Crippen LogP contribution in [0.5, 0.6) is 0 Å². The number of fused-ring (bicyclic) bond motifs is 1. The number of carbonyl (C=O) groups excluding carboxylic acids is 2. The number of amides is 3. The highest BCUT2D eigenvalue weighted by molar-refractivity contribution is 5.89. The molecule has 5 rings (SSSR count). The van der Waals surface area contributed by atoms with E-state index >= 15 is 0 Å². The molecule has 3 amide bonds. The molecule has 2 fully saturated rings. The van der Waals surface area contributed by atoms with Crippen LogP contribution in [0.15, 0.2) is 35.3 Å². The van der Waals surface area contributed by atoms with Gasteiger partial charge in [0.25, 0.3) is 0 Å². The Morgan fingerprint density at radius 2 is 1.80 bits per heavy atom. The van der Waals surface area contributed by atoms with E-state index in [1.165, 1.54) is 22.6 Å². The largest absolute Gasteiger partial charge is 0.394 e. The van der Waals surface area contributed by atoms with Crippen molar-refractivity contribution in [3.63, 3.8) is 0 Å². The molecule has 0 bridgehead atoms. The van der Waals surface area contributed by atoms with E-state index < -0.39 is 23.9 Å². The van der Waals surface area contributed by atoms with Crippen LogP contribution in [0.2, 0.25) is 0 Å². The second-order valence-electron chi connectivity index (χ2n) is 11.6. The van der Waals surface area contributed by atoms with Crippen LogP contribution in [0, 0.1) is 0 Å². The molecule has 2 aromatic rings. The van der Waals surface area contributed by atoms with Crippen LogP contribution in [-0.4, -0.2) is 92.8 Å². The van der Waals surface area contributed by atoms with E-state index in [4.69, 9.17) is 11.5 Å². The van der Waals surface area contributed by atoms with Gasteiger partial charge in [0.15, 0.2) is 0 Å². The molecule has 13 heteroatoms. The molecule has 1 aromatic heterocycles. The fourth-order valence-electron chi connectivity index (χ4n) is 5.93. The predicted molar refractivity (Wildman–Crippen MR) is 158 cm³/mol. The van der Waals surface area contributed by atoms with E-state index in [2.05, 4.69) is 27.8 Å². The van der Waals surface area contributed by atoms with Gasteiger partial charge in [-0.1, -0.05) is 6.07 Å². The predicted octanol–water partition coefficient (Wildman–Crippen LogP) is 0.367. The van der Waals surface area contributed by atoms with Crippen molar-refractivity contribution in [1.29, 1.82) is 0 Å². The summed E-state index contributed by atoms with van der Waals surface area (Å²) in [6.45, 7) is 2.24. The standard InChI is InChI=1S/C28H40N8O4.ClH/c1-28(30,17-37)25(38)34-10-12-35(13-11-34)26(39)32-24-8-9-36(27(40)33-24)23-7-3-18-14-21(5-2-19(18)15-23)31-22-6-4-20(29)16-22;/h3,7-9,15,20-22,31,37H,2,4-6,10-14,16-17,29-30H2,1H3,(H,32,33,39,40);1H/t20-,21?,22-,28-;/m0./s1. The van der Waals surface area contributed by atoms with Crippen LogP contribution in [0.3, 0.4) is 0 Å². The number of rotatable bonds is 6. The molecular formula is C28H41ClN8O4. The summed E-state index contributed by atoms with van der Waals surface area (Å²) in [6, 6.07) is 8.58. The molecule has 1 unspecified atom stereocenters. The zero-order valence-electron chi connectivity index (χ0n) is 23.4. The minimum absolute atomic E-state index is 0. The average molecular weight is 589 g/mol. The van der Waals surface area contributed by atoms with E-state index in [0.717, 1.165) is 44.2 Å². The van der Waals surface area contributed by atoms with Gasteiger partial charge in [-0.3, -0.25) is 14.7 Å². The highest BCUT2D eigenvalue weighted by Crippen LogP contribution is 2.26. The molecule has 0 radical (unpaired) electrons. The van der Waals surface area contributed by atoms with E-state index in [1.54, 1.807) is 22.1 Å². The third kappa shape index (κ3) is 7.07. The highest BCUT2D eigenvalue weighted by atomic mass is 35.5. The summed E-state index contributed by atoms with van der Waals surface area (Å²) in [4.78, 5) is 45.2. The first kappa shape index (κ1) is 30.9. The van der Waals surface area contributed by atoms with Crippen molar-refractivity contribution in [3.05, 3.63) is 52.1 Å². The quantitative estimate of drug-likeness (QED) is 0.322. The summed E-state index contributed by atoms with van der Waals surface area (Å²) < 4.78 is 1.48. The number of urea groups is 1. The van der Waals surface area contributed by atoms with Crippen LogP contribution < -0.4 is 27.8 Å². The van der Waals surface area contributed by atoms with Gasteiger partial charge in [0.1, 0.15) is 11.4 Å². The number of aliphatic hydroxyl groups is 1. The summed E-state index contributed by atoms with van der Waals surface area (Å²) in [5, 5.41) is 15.8. The van der Waals surface area contributed by atoms with Gasteiger partial charge >= 0.3 is 11.7 Å². The molecular weight excluding hydrogens is 548 g/mol. The van der Waals surface area contributed by atoms with Gasteiger partial charge in [0, 0.05) is 50.5 Å². The van der Waals surface area contributed by atoms with Crippen molar-refractivity contribution in [2.75, 3.05) is 38.1 Å². The number of nitrogens with two attached hydrogens (primary N) is 2. The number of aliphatic hydroxyl groups excluding tert-OH is 1. The number of aromatic nitrogens is 2. The van der Waals surface area contributed by atoms with E-state index in [0.29, 0.717) is 44.3 Å². The molecule has 1 aromatic carbocycles. The second-order valence-corrected chi connectivity index (χ2v) is 11.6. The first-order valence-corrected chi connectivity index (χ1v) is 14.1. The van der Waals surface area contributed by atoms with Gasteiger partial charge in [-0.15, -0.1) is 12.4 Å². The summed E-state index contributed by atoms with van der Waals surface area (Å²) in [7, 11) is 0. The number of nitrogens with one attached hydrogen (secondary N) is 2. The minimum atomic E-state index is -1.35. The molecule has 1 saturated heterocycles. The zero-order valence-corrected chi connectivity index (χ0v) is 24.2. The normalized spacial score (nSPS) is 23.8. The number of piperazine rings is 1. The SMILES string of the molecule is C[C@](N)(CO)C(=O)N1CCN(C(=O)Nc2ccn(-c3ccc4c(c3)CCC(N[C@H]3CC[C@H](N)C3)C4)c(=O)n2)CC1.Cl. The lowest BCUT2D eigenvalue weighted by molar-refractivity contribution is -0.139. The van der Waals surface area contributed by atoms with Crippen molar-refractivity contribution in [3.8, 4) is 5.69 Å². The third-order valence-corrected chi connectivity index (χ3v) is 8.35. The molecule has 224 valence electrons. The Hall–Kier alpha value is -3.03. The molecule has 41 heavy (non-hydrogen) atoms. The van der Waals surface area contributed by atoms with Crippen LogP contribution in [0.4, 0.5) is 10.6 Å². The monoisotopic (exact) mass is 588 g/mol. The van der Waals surface area contributed by atoms with Crippen LogP contribution in [-0.2, 0) is 17.6 Å². The number of benzene rings is 1. The topological polar surface area (TPSA) is 172 Å². The second kappa shape index (κ2) is 12.9. The number of nitrogens with zero attached hydrogens (tertiary/aromatic N) is 4. The van der Waals surface area contributed by atoms with Crippen LogP contribution in [0.1, 0.15) is 43.7 Å². The molecule has 0 spiro atoms. The fraction of sp³-hybridized carbons (Fsp3) is 0.571. The smallest absolute Gasteiger partial charge is 0.354 e. The first-order valence-electron chi connectivity index (χ1n) is 14.1. The maximum Gasteiger partial charge on any atom is 0.354 e. The summed E-state index contributed by atoms with van der Waals surface area (Å²) in [6.07, 6.45) is 7.87. The Labute approximate surface area is 245 Å². The lowest BCUT2D eigenvalue weighted by Crippen LogP contribution is -2.60. The average Bonchev–Trinajstić information content (AvgIpc) is 3.36. The Morgan fingerprint density at radius 3 is 2.46 bits per heavy atom. The Morgan fingerprint density at radius 1 is 1.07 bits per heavy atom. The number of carbonyl (C=O) groups is 2. The lowest BCUT2D eigenvalue weighted by atomic mass is 9.87. The number of halogens is 1. The lowest BCUT2D eigenvalue weighted by Gasteiger charge is -2.37. The fourth-order valence-corrected chi connectivity index (χ4v) is 5.93. The van der Waals surface area contributed by atoms with Crippen molar-refractivity contribution in [2.24, 2.45) is 11.5 Å². The zero-order chi connectivity index (χ0) is 28.4. The molecule has 3 aliphatic rings. The van der Waals surface area contributed by atoms with Gasteiger partial charge in [0.2, 0.25) is 5.91 Å². The molecule has 12 nitrogen and oxygen atoms in total. The Balaban J connectivity index is 0.00000387. The summed E-state index contributed by atoms with van der Waals surface area (Å²) >= 11 is 0. The van der Waals surface area contributed by atoms with Gasteiger partial charge in [-0.2, -0.15) is 4.98 Å². The summed E-state index contributed by atoms with van der Waals surface area (Å²) in [5.41, 5.74) is 13.4. The van der Waals surface area contributed by atoms with E-state index in [1.807, 2.05) is 6.07 Å². The Bertz CT molecular complexity index is 1310. The Kier molecular flexibility index (Phi) is 9.70. The van der Waals surface area contributed by atoms with Gasteiger partial charge in [0.05, 0.1) is 12.3 Å². The van der Waals surface area contributed by atoms with Gasteiger partial charge in [-0.25, -0.2) is 9.59 Å². The van der Waals surface area contributed by atoms with E-state index in [9.17, 15) is 19.5 Å². The van der Waals surface area contributed by atoms with Crippen LogP contribution >= 0.6 is 12.4 Å². The van der Waals surface area contributed by atoms with Gasteiger partial charge in [-0.05, 0) is 74.8 Å². The molecule has 2 aliphatic carbocycles. The molecule has 1 saturated carbocycles. The van der Waals surface area contributed by atoms with Crippen molar-refractivity contribution in [1.82, 2.24) is 24.7 Å². The van der Waals surface area contributed by atoms with Crippen LogP contribution in [0.25, 0.3) is 5.69 Å². The highest BCUT2D eigenvalue weighted by Gasteiger charge is 2.34. The van der Waals surface area contributed by atoms with E-state index in [-0.39, 0.29) is 24.1 Å². The number of aryl methyl sites for hydroxylation is 1. The molecule has 1 aliphatic heterocycles. The van der Waals surface area contributed by atoms with Crippen molar-refractivity contribution in [2.45, 2.75) is 69.1 Å². The van der Waals surface area contributed by atoms with Crippen molar-refractivity contribution >= 4 is 30.2 Å². The number of anilines is 1. The molecule has 2 heterocycles. The van der Waals surface area contributed by atoms with Gasteiger partial charge < -0.3 is 31.7 Å². The third-order valence-electron chi connectivity index (χ3n) is 8.35. The molecule has 4 atom stereocenters. The number of hydrogen-bond acceptors (Lipinski definition) is 8.